The zero-order valence-corrected chi connectivity index (χ0v) is 8.44. The summed E-state index contributed by atoms with van der Waals surface area (Å²) in [6.07, 6.45) is 2.23. The molecule has 0 fully saturated rings. The summed E-state index contributed by atoms with van der Waals surface area (Å²) in [6.45, 7) is 1.84. The fraction of sp³-hybridized carbons (Fsp3) is 0.364. The monoisotopic (exact) mass is 206 g/mol. The van der Waals surface area contributed by atoms with Crippen LogP contribution in [0.15, 0.2) is 29.0 Å². The van der Waals surface area contributed by atoms with Crippen molar-refractivity contribution in [2.45, 2.75) is 13.0 Å². The van der Waals surface area contributed by atoms with Gasteiger partial charge in [0.2, 0.25) is 0 Å². The number of aromatic nitrogens is 1. The normalized spacial score (nSPS) is 11.0. The molecule has 2 rings (SSSR count). The number of hydrogen-bond acceptors (Lipinski definition) is 4. The van der Waals surface area contributed by atoms with Gasteiger partial charge in [-0.15, -0.1) is 0 Å². The van der Waals surface area contributed by atoms with Gasteiger partial charge in [-0.3, -0.25) is 0 Å². The van der Waals surface area contributed by atoms with Gasteiger partial charge in [0.25, 0.3) is 0 Å². The van der Waals surface area contributed by atoms with Gasteiger partial charge >= 0.3 is 0 Å². The molecular formula is C11H14N2O2. The summed E-state index contributed by atoms with van der Waals surface area (Å²) in [5.41, 5.74) is 2.86. The first-order valence-electron chi connectivity index (χ1n) is 5.04. The predicted molar refractivity (Wildman–Crippen MR) is 57.4 cm³/mol. The van der Waals surface area contributed by atoms with Gasteiger partial charge in [0.1, 0.15) is 5.52 Å². The van der Waals surface area contributed by atoms with Crippen LogP contribution in [0.25, 0.3) is 11.1 Å². The summed E-state index contributed by atoms with van der Waals surface area (Å²) in [6, 6.07) is 5.95. The van der Waals surface area contributed by atoms with Crippen molar-refractivity contribution in [2.75, 3.05) is 13.2 Å². The molecule has 1 heterocycles. The van der Waals surface area contributed by atoms with Crippen LogP contribution in [0.2, 0.25) is 0 Å². The highest BCUT2D eigenvalue weighted by Crippen LogP contribution is 2.13. The molecule has 0 aliphatic rings. The van der Waals surface area contributed by atoms with Gasteiger partial charge in [-0.2, -0.15) is 0 Å². The Morgan fingerprint density at radius 3 is 3.20 bits per heavy atom. The van der Waals surface area contributed by atoms with Crippen LogP contribution in [-0.2, 0) is 6.54 Å². The minimum Gasteiger partial charge on any atom is -0.443 e. The first-order chi connectivity index (χ1) is 7.40. The lowest BCUT2D eigenvalue weighted by Crippen LogP contribution is -2.15. The maximum atomic E-state index is 8.61. The zero-order chi connectivity index (χ0) is 10.5. The van der Waals surface area contributed by atoms with Crippen LogP contribution < -0.4 is 5.32 Å². The summed E-state index contributed by atoms with van der Waals surface area (Å²) in [5, 5.41) is 11.9. The number of aliphatic hydroxyl groups is 1. The van der Waals surface area contributed by atoms with E-state index >= 15 is 0 Å². The molecule has 0 saturated heterocycles. The topological polar surface area (TPSA) is 58.3 Å². The SMILES string of the molecule is OCCCNCc1ccc2ncoc2c1. The Kier molecular flexibility index (Phi) is 3.32. The Balaban J connectivity index is 1.96. The predicted octanol–water partition coefficient (Wildman–Crippen LogP) is 1.30. The van der Waals surface area contributed by atoms with Crippen molar-refractivity contribution in [2.24, 2.45) is 0 Å². The Morgan fingerprint density at radius 1 is 1.40 bits per heavy atom. The molecule has 0 atom stereocenters. The summed E-state index contributed by atoms with van der Waals surface area (Å²) in [4.78, 5) is 4.05. The number of fused-ring (bicyclic) bond motifs is 1. The van der Waals surface area contributed by atoms with Crippen LogP contribution in [0.3, 0.4) is 0 Å². The second kappa shape index (κ2) is 4.91. The van der Waals surface area contributed by atoms with Gasteiger partial charge in [0.15, 0.2) is 12.0 Å². The number of hydrogen-bond donors (Lipinski definition) is 2. The fourth-order valence-corrected chi connectivity index (χ4v) is 1.45. The van der Waals surface area contributed by atoms with Crippen LogP contribution in [-0.4, -0.2) is 23.2 Å². The van der Waals surface area contributed by atoms with E-state index in [4.69, 9.17) is 9.52 Å². The minimum atomic E-state index is 0.230. The molecule has 0 saturated carbocycles. The van der Waals surface area contributed by atoms with E-state index in [1.54, 1.807) is 0 Å². The number of rotatable bonds is 5. The fourth-order valence-electron chi connectivity index (χ4n) is 1.45. The highest BCUT2D eigenvalue weighted by molar-refractivity contribution is 5.72. The standard InChI is InChI=1S/C11H14N2O2/c14-5-1-4-12-7-9-2-3-10-11(6-9)15-8-13-10/h2-3,6,8,12,14H,1,4-5,7H2. The van der Waals surface area contributed by atoms with Crippen LogP contribution in [0, 0.1) is 0 Å². The number of nitrogens with zero attached hydrogens (tertiary/aromatic N) is 1. The number of nitrogens with one attached hydrogen (secondary N) is 1. The van der Waals surface area contributed by atoms with E-state index in [2.05, 4.69) is 10.3 Å². The van der Waals surface area contributed by atoms with E-state index in [1.807, 2.05) is 18.2 Å². The third-order valence-electron chi connectivity index (χ3n) is 2.24. The molecule has 0 spiro atoms. The van der Waals surface area contributed by atoms with Crippen molar-refractivity contribution in [3.05, 3.63) is 30.2 Å². The molecule has 4 nitrogen and oxygen atoms in total. The van der Waals surface area contributed by atoms with E-state index in [0.717, 1.165) is 36.2 Å². The Labute approximate surface area is 87.9 Å². The van der Waals surface area contributed by atoms with Gasteiger partial charge in [-0.25, -0.2) is 4.98 Å². The first kappa shape index (κ1) is 10.1. The van der Waals surface area contributed by atoms with Crippen LogP contribution in [0.5, 0.6) is 0 Å². The second-order valence-corrected chi connectivity index (χ2v) is 3.41. The Hall–Kier alpha value is -1.39. The molecule has 0 radical (unpaired) electrons. The van der Waals surface area contributed by atoms with E-state index in [9.17, 15) is 0 Å². The lowest BCUT2D eigenvalue weighted by atomic mass is 10.2. The maximum absolute atomic E-state index is 8.61. The zero-order valence-electron chi connectivity index (χ0n) is 8.44. The lowest BCUT2D eigenvalue weighted by Gasteiger charge is -2.02. The van der Waals surface area contributed by atoms with Crippen molar-refractivity contribution in [3.8, 4) is 0 Å². The summed E-state index contributed by atoms with van der Waals surface area (Å²) in [5.74, 6) is 0. The summed E-state index contributed by atoms with van der Waals surface area (Å²) >= 11 is 0. The lowest BCUT2D eigenvalue weighted by molar-refractivity contribution is 0.286. The molecule has 80 valence electrons. The van der Waals surface area contributed by atoms with Crippen molar-refractivity contribution in [1.29, 1.82) is 0 Å². The van der Waals surface area contributed by atoms with Crippen molar-refractivity contribution < 1.29 is 9.52 Å². The van der Waals surface area contributed by atoms with Crippen LogP contribution in [0.1, 0.15) is 12.0 Å². The molecule has 0 aliphatic heterocycles. The first-order valence-corrected chi connectivity index (χ1v) is 5.04. The molecule has 2 aromatic rings. The molecule has 0 aliphatic carbocycles. The molecule has 4 heteroatoms. The Bertz CT molecular complexity index is 425. The number of aliphatic hydroxyl groups excluding tert-OH is 1. The van der Waals surface area contributed by atoms with Crippen molar-refractivity contribution >= 4 is 11.1 Å². The molecule has 2 N–H and O–H groups in total. The summed E-state index contributed by atoms with van der Waals surface area (Å²) in [7, 11) is 0. The van der Waals surface area contributed by atoms with E-state index in [1.165, 1.54) is 6.39 Å². The highest BCUT2D eigenvalue weighted by atomic mass is 16.3. The minimum absolute atomic E-state index is 0.230. The van der Waals surface area contributed by atoms with Gasteiger partial charge in [-0.1, -0.05) is 6.07 Å². The number of oxazole rings is 1. The van der Waals surface area contributed by atoms with Gasteiger partial charge in [0, 0.05) is 13.2 Å². The third-order valence-corrected chi connectivity index (χ3v) is 2.24. The van der Waals surface area contributed by atoms with E-state index < -0.39 is 0 Å². The summed E-state index contributed by atoms with van der Waals surface area (Å²) < 4.78 is 5.21. The highest BCUT2D eigenvalue weighted by Gasteiger charge is 1.99. The van der Waals surface area contributed by atoms with Crippen molar-refractivity contribution in [1.82, 2.24) is 10.3 Å². The van der Waals surface area contributed by atoms with Gasteiger partial charge < -0.3 is 14.8 Å². The number of benzene rings is 1. The molecule has 1 aromatic carbocycles. The van der Waals surface area contributed by atoms with Crippen LogP contribution >= 0.6 is 0 Å². The quantitative estimate of drug-likeness (QED) is 0.724. The molecule has 1 aromatic heterocycles. The van der Waals surface area contributed by atoms with E-state index in [0.29, 0.717) is 0 Å². The average molecular weight is 206 g/mol. The van der Waals surface area contributed by atoms with Crippen LogP contribution in [0.4, 0.5) is 0 Å². The van der Waals surface area contributed by atoms with Gasteiger partial charge in [0.05, 0.1) is 0 Å². The smallest absolute Gasteiger partial charge is 0.181 e. The molecule has 0 bridgehead atoms. The third kappa shape index (κ3) is 2.55. The molecule has 0 amide bonds. The molecule has 0 unspecified atom stereocenters. The molecular weight excluding hydrogens is 192 g/mol. The largest absolute Gasteiger partial charge is 0.443 e. The Morgan fingerprint density at radius 2 is 2.33 bits per heavy atom. The maximum Gasteiger partial charge on any atom is 0.181 e. The average Bonchev–Trinajstić information content (AvgIpc) is 2.71. The van der Waals surface area contributed by atoms with Gasteiger partial charge in [-0.05, 0) is 30.7 Å². The van der Waals surface area contributed by atoms with E-state index in [-0.39, 0.29) is 6.61 Å². The van der Waals surface area contributed by atoms with Crippen molar-refractivity contribution in [3.63, 3.8) is 0 Å². The molecule has 15 heavy (non-hydrogen) atoms. The second-order valence-electron chi connectivity index (χ2n) is 3.41.